The van der Waals surface area contributed by atoms with Gasteiger partial charge < -0.3 is 15.4 Å². The molecule has 0 aromatic heterocycles. The molecule has 0 heterocycles. The van der Waals surface area contributed by atoms with Crippen molar-refractivity contribution in [3.8, 4) is 0 Å². The Labute approximate surface area is 83.3 Å². The molecular formula is C10H14N2O2. The molecule has 0 aliphatic heterocycles. The maximum atomic E-state index is 11.0. The number of hydrogen-bond acceptors (Lipinski definition) is 2. The van der Waals surface area contributed by atoms with Crippen molar-refractivity contribution < 1.29 is 9.53 Å². The number of rotatable bonds is 3. The van der Waals surface area contributed by atoms with Gasteiger partial charge in [0, 0.05) is 19.8 Å². The maximum absolute atomic E-state index is 11.0. The fourth-order valence-corrected chi connectivity index (χ4v) is 1.10. The van der Waals surface area contributed by atoms with Crippen LogP contribution in [0.25, 0.3) is 0 Å². The number of nitrogens with one attached hydrogen (secondary N) is 2. The Morgan fingerprint density at radius 2 is 2.29 bits per heavy atom. The summed E-state index contributed by atoms with van der Waals surface area (Å²) in [6.45, 7) is 0.545. The van der Waals surface area contributed by atoms with Gasteiger partial charge in [0.05, 0.1) is 6.61 Å². The van der Waals surface area contributed by atoms with E-state index in [4.69, 9.17) is 4.74 Å². The molecule has 0 aliphatic rings. The number of urea groups is 1. The number of benzene rings is 1. The normalized spacial score (nSPS) is 9.57. The monoisotopic (exact) mass is 194 g/mol. The number of ether oxygens (including phenoxy) is 1. The highest BCUT2D eigenvalue weighted by molar-refractivity contribution is 5.88. The maximum Gasteiger partial charge on any atom is 0.318 e. The third-order valence-corrected chi connectivity index (χ3v) is 1.72. The summed E-state index contributed by atoms with van der Waals surface area (Å²) in [6, 6.07) is 7.30. The number of hydrogen-bond donors (Lipinski definition) is 2. The highest BCUT2D eigenvalue weighted by Crippen LogP contribution is 2.10. The lowest BCUT2D eigenvalue weighted by atomic mass is 10.2. The van der Waals surface area contributed by atoms with Gasteiger partial charge in [0.25, 0.3) is 0 Å². The molecule has 1 aromatic carbocycles. The van der Waals surface area contributed by atoms with E-state index in [1.807, 2.05) is 24.3 Å². The summed E-state index contributed by atoms with van der Waals surface area (Å²) in [5, 5.41) is 5.17. The lowest BCUT2D eigenvalue weighted by Gasteiger charge is -2.06. The molecule has 2 amide bonds. The van der Waals surface area contributed by atoms with Gasteiger partial charge in [-0.25, -0.2) is 4.79 Å². The molecular weight excluding hydrogens is 180 g/mol. The Bertz CT molecular complexity index is 313. The number of anilines is 1. The van der Waals surface area contributed by atoms with E-state index in [0.29, 0.717) is 6.61 Å². The first-order valence-electron chi connectivity index (χ1n) is 4.33. The van der Waals surface area contributed by atoms with Crippen LogP contribution in [0.5, 0.6) is 0 Å². The molecule has 0 bridgehead atoms. The topological polar surface area (TPSA) is 50.4 Å². The zero-order valence-corrected chi connectivity index (χ0v) is 8.33. The van der Waals surface area contributed by atoms with E-state index in [9.17, 15) is 4.79 Å². The predicted octanol–water partition coefficient (Wildman–Crippen LogP) is 1.58. The molecule has 0 fully saturated rings. The van der Waals surface area contributed by atoms with Gasteiger partial charge in [0.15, 0.2) is 0 Å². The summed E-state index contributed by atoms with van der Waals surface area (Å²) in [4.78, 5) is 11.0. The van der Waals surface area contributed by atoms with E-state index >= 15 is 0 Å². The van der Waals surface area contributed by atoms with Gasteiger partial charge in [0.1, 0.15) is 0 Å². The first kappa shape index (κ1) is 10.5. The molecule has 0 saturated heterocycles. The van der Waals surface area contributed by atoms with Crippen molar-refractivity contribution >= 4 is 11.7 Å². The van der Waals surface area contributed by atoms with Gasteiger partial charge in [-0.1, -0.05) is 12.1 Å². The molecule has 76 valence electrons. The molecule has 0 radical (unpaired) electrons. The summed E-state index contributed by atoms with van der Waals surface area (Å²) in [5.41, 5.74) is 1.79. The highest BCUT2D eigenvalue weighted by Gasteiger charge is 1.98. The minimum atomic E-state index is -0.223. The molecule has 14 heavy (non-hydrogen) atoms. The standard InChI is InChI=1S/C10H14N2O2/c1-11-10(13)12-9-5-3-4-8(6-9)7-14-2/h3-6H,7H2,1-2H3,(H2,11,12,13). The summed E-state index contributed by atoms with van der Waals surface area (Å²) in [5.74, 6) is 0. The Morgan fingerprint density at radius 1 is 1.50 bits per heavy atom. The molecule has 1 rings (SSSR count). The second-order valence-electron chi connectivity index (χ2n) is 2.84. The summed E-state index contributed by atoms with van der Waals surface area (Å²) in [7, 11) is 3.22. The first-order valence-corrected chi connectivity index (χ1v) is 4.33. The summed E-state index contributed by atoms with van der Waals surface area (Å²) in [6.07, 6.45) is 0. The minimum absolute atomic E-state index is 0.223. The van der Waals surface area contributed by atoms with Crippen molar-refractivity contribution in [3.05, 3.63) is 29.8 Å². The molecule has 1 aromatic rings. The van der Waals surface area contributed by atoms with Crippen LogP contribution < -0.4 is 10.6 Å². The number of carbonyl (C=O) groups is 1. The van der Waals surface area contributed by atoms with E-state index in [1.165, 1.54) is 0 Å². The molecule has 0 atom stereocenters. The zero-order valence-electron chi connectivity index (χ0n) is 8.33. The van der Waals surface area contributed by atoms with Crippen LogP contribution in [0, 0.1) is 0 Å². The van der Waals surface area contributed by atoms with Crippen molar-refractivity contribution in [2.24, 2.45) is 0 Å². The molecule has 0 spiro atoms. The van der Waals surface area contributed by atoms with Gasteiger partial charge >= 0.3 is 6.03 Å². The summed E-state index contributed by atoms with van der Waals surface area (Å²) >= 11 is 0. The molecule has 2 N–H and O–H groups in total. The molecule has 4 nitrogen and oxygen atoms in total. The van der Waals surface area contributed by atoms with Gasteiger partial charge in [-0.15, -0.1) is 0 Å². The number of carbonyl (C=O) groups excluding carboxylic acids is 1. The van der Waals surface area contributed by atoms with Crippen LogP contribution in [0.4, 0.5) is 10.5 Å². The predicted molar refractivity (Wildman–Crippen MR) is 55.2 cm³/mol. The molecule has 0 saturated carbocycles. The van der Waals surface area contributed by atoms with E-state index in [2.05, 4.69) is 10.6 Å². The van der Waals surface area contributed by atoms with E-state index in [-0.39, 0.29) is 6.03 Å². The smallest absolute Gasteiger partial charge is 0.318 e. The zero-order chi connectivity index (χ0) is 10.4. The number of amides is 2. The fraction of sp³-hybridized carbons (Fsp3) is 0.300. The molecule has 4 heteroatoms. The third-order valence-electron chi connectivity index (χ3n) is 1.72. The molecule has 0 unspecified atom stereocenters. The van der Waals surface area contributed by atoms with Crippen LogP contribution in [-0.2, 0) is 11.3 Å². The lowest BCUT2D eigenvalue weighted by Crippen LogP contribution is -2.24. The van der Waals surface area contributed by atoms with Crippen molar-refractivity contribution in [3.63, 3.8) is 0 Å². The van der Waals surface area contributed by atoms with Gasteiger partial charge in [-0.3, -0.25) is 0 Å². The first-order chi connectivity index (χ1) is 6.76. The van der Waals surface area contributed by atoms with E-state index in [0.717, 1.165) is 11.3 Å². The average molecular weight is 194 g/mol. The third kappa shape index (κ3) is 3.06. The second-order valence-corrected chi connectivity index (χ2v) is 2.84. The Hall–Kier alpha value is -1.55. The van der Waals surface area contributed by atoms with E-state index < -0.39 is 0 Å². The SMILES string of the molecule is CNC(=O)Nc1cccc(COC)c1. The van der Waals surface area contributed by atoms with Crippen molar-refractivity contribution in [2.75, 3.05) is 19.5 Å². The van der Waals surface area contributed by atoms with Crippen LogP contribution in [-0.4, -0.2) is 20.2 Å². The lowest BCUT2D eigenvalue weighted by molar-refractivity contribution is 0.185. The van der Waals surface area contributed by atoms with Crippen molar-refractivity contribution in [2.45, 2.75) is 6.61 Å². The average Bonchev–Trinajstić information content (AvgIpc) is 2.19. The van der Waals surface area contributed by atoms with Crippen LogP contribution in [0.1, 0.15) is 5.56 Å². The van der Waals surface area contributed by atoms with Crippen LogP contribution in [0.3, 0.4) is 0 Å². The van der Waals surface area contributed by atoms with Crippen LogP contribution in [0.15, 0.2) is 24.3 Å². The Balaban J connectivity index is 2.68. The number of methoxy groups -OCH3 is 1. The Morgan fingerprint density at radius 3 is 2.93 bits per heavy atom. The van der Waals surface area contributed by atoms with Crippen LogP contribution >= 0.6 is 0 Å². The van der Waals surface area contributed by atoms with Crippen molar-refractivity contribution in [1.82, 2.24) is 5.32 Å². The summed E-state index contributed by atoms with van der Waals surface area (Å²) < 4.78 is 4.99. The quantitative estimate of drug-likeness (QED) is 0.767. The van der Waals surface area contributed by atoms with Gasteiger partial charge in [-0.05, 0) is 17.7 Å². The van der Waals surface area contributed by atoms with Crippen molar-refractivity contribution in [1.29, 1.82) is 0 Å². The second kappa shape index (κ2) is 5.24. The van der Waals surface area contributed by atoms with Crippen LogP contribution in [0.2, 0.25) is 0 Å². The molecule has 0 aliphatic carbocycles. The van der Waals surface area contributed by atoms with E-state index in [1.54, 1.807) is 14.2 Å². The highest BCUT2D eigenvalue weighted by atomic mass is 16.5. The Kier molecular flexibility index (Phi) is 3.94. The largest absolute Gasteiger partial charge is 0.380 e. The van der Waals surface area contributed by atoms with Gasteiger partial charge in [0.2, 0.25) is 0 Å². The fourth-order valence-electron chi connectivity index (χ4n) is 1.10. The minimum Gasteiger partial charge on any atom is -0.380 e. The van der Waals surface area contributed by atoms with Gasteiger partial charge in [-0.2, -0.15) is 0 Å².